The van der Waals surface area contributed by atoms with Crippen molar-refractivity contribution < 1.29 is 32.7 Å². The van der Waals surface area contributed by atoms with E-state index in [-0.39, 0.29) is 44.4 Å². The van der Waals surface area contributed by atoms with Crippen LogP contribution in [0.15, 0.2) is 109 Å². The largest absolute Gasteiger partial charge is 0.497 e. The summed E-state index contributed by atoms with van der Waals surface area (Å²) in [6.07, 6.45) is -1.08. The average Bonchev–Trinajstić information content (AvgIpc) is 3.67. The first kappa shape index (κ1) is 37.9. The molecule has 2 aliphatic rings. The van der Waals surface area contributed by atoms with Crippen molar-refractivity contribution in [2.45, 2.75) is 75.7 Å². The van der Waals surface area contributed by atoms with E-state index in [1.165, 1.54) is 0 Å². The van der Waals surface area contributed by atoms with E-state index in [2.05, 4.69) is 62.7 Å². The molecular weight excluding hydrogens is 675 g/mol. The van der Waals surface area contributed by atoms with Crippen molar-refractivity contribution in [3.63, 3.8) is 0 Å². The van der Waals surface area contributed by atoms with Crippen LogP contribution < -0.4 is 9.47 Å². The van der Waals surface area contributed by atoms with Gasteiger partial charge in [-0.1, -0.05) is 84.9 Å². The van der Waals surface area contributed by atoms with Gasteiger partial charge in [0.2, 0.25) is 0 Å². The Morgan fingerprint density at radius 3 is 1.87 bits per heavy atom. The zero-order valence-corrected chi connectivity index (χ0v) is 31.7. The van der Waals surface area contributed by atoms with E-state index in [0.29, 0.717) is 0 Å². The van der Waals surface area contributed by atoms with Gasteiger partial charge in [-0.25, -0.2) is 4.67 Å². The monoisotopic (exact) mass is 724 g/mol. The summed E-state index contributed by atoms with van der Waals surface area (Å²) in [4.78, 5) is 0. The fourth-order valence-corrected chi connectivity index (χ4v) is 9.09. The highest BCUT2D eigenvalue weighted by Crippen LogP contribution is 2.57. The molecule has 0 aliphatic carbocycles. The van der Waals surface area contributed by atoms with E-state index < -0.39 is 31.9 Å². The van der Waals surface area contributed by atoms with Gasteiger partial charge in [0.25, 0.3) is 8.53 Å². The molecule has 274 valence electrons. The van der Waals surface area contributed by atoms with E-state index >= 15 is 0 Å². The molecule has 6 rings (SSSR count). The molecule has 2 fully saturated rings. The highest BCUT2D eigenvalue weighted by molar-refractivity contribution is 7.44. The van der Waals surface area contributed by atoms with E-state index in [1.807, 2.05) is 84.9 Å². The molecular formula is C42H49N2O7P. The maximum atomic E-state index is 9.36. The number of nitriles is 1. The van der Waals surface area contributed by atoms with E-state index in [4.69, 9.17) is 32.7 Å². The van der Waals surface area contributed by atoms with Gasteiger partial charge in [0, 0.05) is 12.1 Å². The standard InChI is InChI=1S/C42H49N2O7P/c1-30(2)44(31(3)4)52(49-27-13-26-43)51-40-39-38(32-14-9-7-10-15-32)50-41(40,28-47-39)29-48-42(33-16-11-8-12-17-33,34-18-22-36(45-5)23-19-34)35-20-24-37(46-6)25-21-35/h7-12,14-25,30-31,38-40H,13,27-29H2,1-6H3/t38-,39-,40-,41?,52?/m0/s1. The van der Waals surface area contributed by atoms with Crippen molar-refractivity contribution in [3.05, 3.63) is 131 Å². The average molecular weight is 725 g/mol. The Bertz CT molecular complexity index is 1700. The maximum absolute atomic E-state index is 9.36. The predicted molar refractivity (Wildman–Crippen MR) is 201 cm³/mol. The lowest BCUT2D eigenvalue weighted by molar-refractivity contribution is -0.184. The number of ether oxygens (including phenoxy) is 5. The van der Waals surface area contributed by atoms with Crippen LogP contribution >= 0.6 is 8.53 Å². The lowest BCUT2D eigenvalue weighted by Crippen LogP contribution is -2.49. The molecule has 0 radical (unpaired) electrons. The minimum atomic E-state index is -1.60. The van der Waals surface area contributed by atoms with Gasteiger partial charge in [-0.3, -0.25) is 0 Å². The molecule has 0 amide bonds. The molecule has 10 heteroatoms. The Labute approximate surface area is 309 Å². The summed E-state index contributed by atoms with van der Waals surface area (Å²) in [7, 11) is 1.72. The van der Waals surface area contributed by atoms with Crippen LogP contribution in [0.2, 0.25) is 0 Å². The molecule has 0 aromatic heterocycles. The zero-order valence-electron chi connectivity index (χ0n) is 30.8. The lowest BCUT2D eigenvalue weighted by Gasteiger charge is -2.41. The van der Waals surface area contributed by atoms with E-state index in [9.17, 15) is 5.26 Å². The van der Waals surface area contributed by atoms with Crippen molar-refractivity contribution in [1.82, 2.24) is 4.67 Å². The third kappa shape index (κ3) is 7.62. The molecule has 2 aliphatic heterocycles. The van der Waals surface area contributed by atoms with Crippen LogP contribution in [0, 0.1) is 11.3 Å². The highest BCUT2D eigenvalue weighted by Gasteiger charge is 2.64. The number of rotatable bonds is 17. The SMILES string of the molecule is COc1ccc(C(OCC23CO[C@@H]([C@H](c4ccccc4)O2)[C@@H]3OP(OCCC#N)N(C(C)C)C(C)C)(c2ccccc2)c2ccc(OC)cc2)cc1. The van der Waals surface area contributed by atoms with Crippen LogP contribution in [0.3, 0.4) is 0 Å². The number of nitrogens with zero attached hydrogens (tertiary/aromatic N) is 2. The van der Waals surface area contributed by atoms with Crippen molar-refractivity contribution in [2.24, 2.45) is 0 Å². The zero-order chi connectivity index (χ0) is 36.7. The number of benzene rings is 4. The first-order valence-corrected chi connectivity index (χ1v) is 19.0. The topological polar surface area (TPSA) is 91.6 Å². The first-order chi connectivity index (χ1) is 25.3. The summed E-state index contributed by atoms with van der Waals surface area (Å²) >= 11 is 0. The van der Waals surface area contributed by atoms with Gasteiger partial charge in [0.05, 0.1) is 46.5 Å². The van der Waals surface area contributed by atoms with Crippen molar-refractivity contribution >= 4 is 8.53 Å². The Kier molecular flexibility index (Phi) is 12.3. The molecule has 0 spiro atoms. The molecule has 2 bridgehead atoms. The minimum absolute atomic E-state index is 0.127. The highest BCUT2D eigenvalue weighted by atomic mass is 31.2. The summed E-state index contributed by atoms with van der Waals surface area (Å²) in [5, 5.41) is 9.36. The Hall–Kier alpha value is -3.84. The van der Waals surface area contributed by atoms with Gasteiger partial charge >= 0.3 is 0 Å². The third-order valence-electron chi connectivity index (χ3n) is 9.70. The molecule has 0 N–H and O–H groups in total. The fraction of sp³-hybridized carbons (Fsp3) is 0.405. The number of hydrogen-bond donors (Lipinski definition) is 0. The summed E-state index contributed by atoms with van der Waals surface area (Å²) in [6, 6.07) is 38.8. The van der Waals surface area contributed by atoms with Crippen LogP contribution in [-0.2, 0) is 28.9 Å². The summed E-state index contributed by atoms with van der Waals surface area (Å²) < 4.78 is 48.1. The van der Waals surface area contributed by atoms with Crippen LogP contribution in [0.25, 0.3) is 0 Å². The normalized spacial score (nSPS) is 21.8. The Balaban J connectivity index is 1.46. The molecule has 9 nitrogen and oxygen atoms in total. The fourth-order valence-electron chi connectivity index (χ4n) is 7.28. The van der Waals surface area contributed by atoms with Gasteiger partial charge in [-0.2, -0.15) is 5.26 Å². The van der Waals surface area contributed by atoms with E-state index in [0.717, 1.165) is 33.8 Å². The Morgan fingerprint density at radius 2 is 1.35 bits per heavy atom. The van der Waals surface area contributed by atoms with E-state index in [1.54, 1.807) is 14.2 Å². The molecule has 2 saturated heterocycles. The molecule has 2 unspecified atom stereocenters. The summed E-state index contributed by atoms with van der Waals surface area (Å²) in [5.74, 6) is 1.49. The van der Waals surface area contributed by atoms with Crippen molar-refractivity contribution in [1.29, 1.82) is 5.26 Å². The quantitative estimate of drug-likeness (QED) is 0.0603. The number of fused-ring (bicyclic) bond motifs is 2. The van der Waals surface area contributed by atoms with Gasteiger partial charge in [0.15, 0.2) is 0 Å². The molecule has 0 saturated carbocycles. The van der Waals surface area contributed by atoms with Crippen molar-refractivity contribution in [3.8, 4) is 17.6 Å². The summed E-state index contributed by atoms with van der Waals surface area (Å²) in [5.41, 5.74) is 1.71. The minimum Gasteiger partial charge on any atom is -0.497 e. The lowest BCUT2D eigenvalue weighted by atomic mass is 9.79. The molecule has 4 aromatic rings. The second-order valence-corrected chi connectivity index (χ2v) is 15.1. The number of hydrogen-bond acceptors (Lipinski definition) is 9. The maximum Gasteiger partial charge on any atom is 0.259 e. The van der Waals surface area contributed by atoms with Crippen LogP contribution in [0.4, 0.5) is 0 Å². The van der Waals surface area contributed by atoms with Crippen molar-refractivity contribution in [2.75, 3.05) is 34.0 Å². The third-order valence-corrected chi connectivity index (χ3v) is 11.8. The smallest absolute Gasteiger partial charge is 0.259 e. The second kappa shape index (κ2) is 16.9. The molecule has 2 heterocycles. The molecule has 52 heavy (non-hydrogen) atoms. The summed E-state index contributed by atoms with van der Waals surface area (Å²) in [6.45, 7) is 9.19. The Morgan fingerprint density at radius 1 is 0.808 bits per heavy atom. The van der Waals surface area contributed by atoms with Crippen LogP contribution in [0.1, 0.15) is 62.5 Å². The molecule has 5 atom stereocenters. The first-order valence-electron chi connectivity index (χ1n) is 17.8. The second-order valence-electron chi connectivity index (χ2n) is 13.7. The van der Waals surface area contributed by atoms with Crippen LogP contribution in [-0.4, -0.2) is 68.6 Å². The van der Waals surface area contributed by atoms with Gasteiger partial charge < -0.3 is 32.7 Å². The van der Waals surface area contributed by atoms with Gasteiger partial charge in [-0.15, -0.1) is 0 Å². The van der Waals surface area contributed by atoms with Crippen LogP contribution in [0.5, 0.6) is 11.5 Å². The van der Waals surface area contributed by atoms with Gasteiger partial charge in [0.1, 0.15) is 41.0 Å². The molecule has 4 aromatic carbocycles. The van der Waals surface area contributed by atoms with Gasteiger partial charge in [-0.05, 0) is 74.2 Å². The number of methoxy groups -OCH3 is 2. The predicted octanol–water partition coefficient (Wildman–Crippen LogP) is 8.58.